The van der Waals surface area contributed by atoms with Crippen molar-refractivity contribution >= 4 is 100 Å². The Kier molecular flexibility index (Phi) is 15.1. The zero-order chi connectivity index (χ0) is 61.7. The number of benzene rings is 12. The molecule has 2 N–H and O–H groups in total. The summed E-state index contributed by atoms with van der Waals surface area (Å²) in [5.41, 5.74) is 19.4. The topological polar surface area (TPSA) is 145 Å². The van der Waals surface area contributed by atoms with Gasteiger partial charge in [0.05, 0.1) is 28.3 Å². The highest BCUT2D eigenvalue weighted by Gasteiger charge is 2.23. The van der Waals surface area contributed by atoms with Crippen LogP contribution in [0.2, 0.25) is 0 Å². The van der Waals surface area contributed by atoms with Crippen molar-refractivity contribution in [1.29, 1.82) is 0 Å². The van der Waals surface area contributed by atoms with Gasteiger partial charge in [0.25, 0.3) is 0 Å². The maximum Gasteiger partial charge on any atom is 0.488 e. The molecule has 6 aromatic heterocycles. The third-order valence-electron chi connectivity index (χ3n) is 16.8. The van der Waals surface area contributed by atoms with E-state index < -0.39 is 7.12 Å². The maximum absolute atomic E-state index is 9.48. The molecule has 12 aromatic carbocycles. The summed E-state index contributed by atoms with van der Waals surface area (Å²) in [6.45, 7) is 2.06. The third kappa shape index (κ3) is 10.8. The molecule has 0 saturated heterocycles. The van der Waals surface area contributed by atoms with Gasteiger partial charge in [-0.05, 0) is 78.1 Å². The second-order valence-corrected chi connectivity index (χ2v) is 22.6. The Morgan fingerprint density at radius 1 is 0.269 bits per heavy atom. The van der Waals surface area contributed by atoms with Gasteiger partial charge in [-0.2, -0.15) is 0 Å². The van der Waals surface area contributed by atoms with Gasteiger partial charge in [0, 0.05) is 76.5 Å². The van der Waals surface area contributed by atoms with E-state index in [0.29, 0.717) is 17.1 Å². The lowest BCUT2D eigenvalue weighted by molar-refractivity contribution is 0.426. The largest absolute Gasteiger partial charge is 0.488 e. The van der Waals surface area contributed by atoms with Gasteiger partial charge in [-0.25, -0.2) is 19.9 Å². The molecule has 0 fully saturated rings. The Labute approximate surface area is 535 Å². The minimum atomic E-state index is -1.52. The van der Waals surface area contributed by atoms with Crippen LogP contribution in [0, 0.1) is 6.92 Å². The number of hydrogen-bond acceptors (Lipinski definition) is 10. The van der Waals surface area contributed by atoms with Gasteiger partial charge in [0.2, 0.25) is 0 Å². The van der Waals surface area contributed by atoms with Gasteiger partial charge in [-0.1, -0.05) is 244 Å². The molecule has 18 rings (SSSR count). The fourth-order valence-corrected chi connectivity index (χ4v) is 12.3. The number of fused-ring (bicyclic) bond motifs is 12. The van der Waals surface area contributed by atoms with Crippen LogP contribution in [-0.2, 0) is 0 Å². The first kappa shape index (κ1) is 57.4. The molecule has 93 heavy (non-hydrogen) atoms. The summed E-state index contributed by atoms with van der Waals surface area (Å²) in [7, 11) is -1.52. The van der Waals surface area contributed by atoms with Crippen molar-refractivity contribution < 1.29 is 27.7 Å². The predicted octanol–water partition coefficient (Wildman–Crippen LogP) is 20.5. The molecule has 10 nitrogen and oxygen atoms in total. The van der Waals surface area contributed by atoms with Crippen molar-refractivity contribution in [3.05, 3.63) is 297 Å². The minimum absolute atomic E-state index is 0. The minimum Gasteiger partial charge on any atom is -0.456 e. The molecule has 11 heteroatoms. The molecule has 18 aromatic rings. The van der Waals surface area contributed by atoms with Crippen LogP contribution in [0.3, 0.4) is 0 Å². The van der Waals surface area contributed by atoms with E-state index in [4.69, 9.17) is 37.6 Å². The van der Waals surface area contributed by atoms with Crippen molar-refractivity contribution in [2.45, 2.75) is 14.4 Å². The SMILES string of the molecule is C.Cc1c2oc3ccccc3c2cc2c1oc1ccccc12.OB(O)c1cccc(-c2cc(-c3ccccc3)nc(-c3ccccc3)n2)c1.c1ccc(-c2cc(-c3cccc(-c4c5oc6ccccc6c5cc5c4oc4ccccc45)c3)nc(-c3ccccc3)n2)cc1. The lowest BCUT2D eigenvalue weighted by Crippen LogP contribution is -2.29. The zero-order valence-corrected chi connectivity index (χ0v) is 49.6. The molecule has 0 atom stereocenters. The van der Waals surface area contributed by atoms with E-state index in [-0.39, 0.29) is 7.43 Å². The van der Waals surface area contributed by atoms with Crippen LogP contribution in [0.25, 0.3) is 167 Å². The van der Waals surface area contributed by atoms with E-state index in [1.54, 1.807) is 18.2 Å². The first-order valence-electron chi connectivity index (χ1n) is 30.4. The maximum atomic E-state index is 9.48. The van der Waals surface area contributed by atoms with Crippen molar-refractivity contribution in [3.63, 3.8) is 0 Å². The van der Waals surface area contributed by atoms with Crippen molar-refractivity contribution in [1.82, 2.24) is 19.9 Å². The Balaban J connectivity index is 0.000000125. The highest BCUT2D eigenvalue weighted by Crippen LogP contribution is 2.46. The Bertz CT molecular complexity index is 5470. The van der Waals surface area contributed by atoms with Crippen LogP contribution in [0.15, 0.2) is 309 Å². The van der Waals surface area contributed by atoms with Crippen molar-refractivity contribution in [2.75, 3.05) is 0 Å². The molecular weight excluding hydrogens is 1150 g/mol. The van der Waals surface area contributed by atoms with Crippen LogP contribution in [0.4, 0.5) is 0 Å². The summed E-state index contributed by atoms with van der Waals surface area (Å²) >= 11 is 0. The Morgan fingerprint density at radius 3 is 0.968 bits per heavy atom. The fraction of sp³-hybridized carbons (Fsp3) is 0.0244. The molecular formula is C82H57BN4O6. The quantitative estimate of drug-likeness (QED) is 0.141. The molecule has 0 radical (unpaired) electrons. The molecule has 0 aliphatic heterocycles. The molecule has 0 saturated carbocycles. The summed E-state index contributed by atoms with van der Waals surface area (Å²) in [6.07, 6.45) is 0. The molecule has 0 aliphatic rings. The smallest absolute Gasteiger partial charge is 0.456 e. The second-order valence-electron chi connectivity index (χ2n) is 22.6. The van der Waals surface area contributed by atoms with E-state index in [1.807, 2.05) is 182 Å². The second kappa shape index (κ2) is 24.4. The lowest BCUT2D eigenvalue weighted by Gasteiger charge is -2.11. The van der Waals surface area contributed by atoms with Crippen LogP contribution in [-0.4, -0.2) is 37.1 Å². The van der Waals surface area contributed by atoms with Crippen LogP contribution < -0.4 is 5.46 Å². The standard InChI is InChI=1S/C40H24N2O2.C22H17BN2O2.C19H12O2.CH4/c1-3-12-25(13-4-1)33-24-34(42-40(41-33)26-14-5-2-6-15-26)27-16-11-17-28(22-27)37-38-31(29-18-7-9-20-35(29)43-38)23-32-30-19-8-10-21-36(30)44-39(32)37;26-23(27)19-13-7-12-18(14-19)21-15-20(16-8-3-1-4-9-16)24-22(25-21)17-10-5-2-6-11-17;1-11-18-14(12-6-2-4-8-16(12)20-18)10-15-13-7-3-5-9-17(13)21-19(11)15;/h1-24H;1-15,26-27H;2-10H,1H3;1H4. The van der Waals surface area contributed by atoms with Crippen LogP contribution in [0.5, 0.6) is 0 Å². The third-order valence-corrected chi connectivity index (χ3v) is 16.8. The van der Waals surface area contributed by atoms with Crippen molar-refractivity contribution in [2.24, 2.45) is 0 Å². The molecule has 0 unspecified atom stereocenters. The normalized spacial score (nSPS) is 11.3. The van der Waals surface area contributed by atoms with Gasteiger partial charge >= 0.3 is 7.12 Å². The number of aromatic nitrogens is 4. The molecule has 0 amide bonds. The average Bonchev–Trinajstić information content (AvgIpc) is 1.59. The monoisotopic (exact) mass is 1200 g/mol. The molecule has 0 bridgehead atoms. The highest BCUT2D eigenvalue weighted by atomic mass is 16.4. The first-order chi connectivity index (χ1) is 45.3. The Hall–Kier alpha value is -12.0. The highest BCUT2D eigenvalue weighted by molar-refractivity contribution is 6.58. The molecule has 0 aliphatic carbocycles. The zero-order valence-electron chi connectivity index (χ0n) is 49.6. The first-order valence-corrected chi connectivity index (χ1v) is 30.4. The van der Waals surface area contributed by atoms with E-state index >= 15 is 0 Å². The molecule has 444 valence electrons. The summed E-state index contributed by atoms with van der Waals surface area (Å²) in [5, 5.41) is 27.9. The number of para-hydroxylation sites is 4. The summed E-state index contributed by atoms with van der Waals surface area (Å²) in [4.78, 5) is 19.5. The molecule has 0 spiro atoms. The van der Waals surface area contributed by atoms with Crippen LogP contribution in [0.1, 0.15) is 13.0 Å². The average molecular weight is 1210 g/mol. The van der Waals surface area contributed by atoms with Gasteiger partial charge in [0.15, 0.2) is 11.6 Å². The van der Waals surface area contributed by atoms with Gasteiger partial charge < -0.3 is 27.7 Å². The summed E-state index contributed by atoms with van der Waals surface area (Å²) in [6, 6.07) is 96.8. The number of rotatable bonds is 8. The van der Waals surface area contributed by atoms with Gasteiger partial charge in [-0.3, -0.25) is 0 Å². The fourth-order valence-electron chi connectivity index (χ4n) is 12.3. The van der Waals surface area contributed by atoms with Gasteiger partial charge in [0.1, 0.15) is 44.7 Å². The number of hydrogen-bond donors (Lipinski definition) is 2. The predicted molar refractivity (Wildman–Crippen MR) is 379 cm³/mol. The Morgan fingerprint density at radius 2 is 0.570 bits per heavy atom. The van der Waals surface area contributed by atoms with E-state index in [1.165, 1.54) is 0 Å². The van der Waals surface area contributed by atoms with Gasteiger partial charge in [-0.15, -0.1) is 0 Å². The van der Waals surface area contributed by atoms with E-state index in [2.05, 4.69) is 97.9 Å². The van der Waals surface area contributed by atoms with Crippen molar-refractivity contribution in [3.8, 4) is 78.9 Å². The summed E-state index contributed by atoms with van der Waals surface area (Å²) in [5.74, 6) is 1.31. The molecule has 6 heterocycles. The number of furan rings is 4. The summed E-state index contributed by atoms with van der Waals surface area (Å²) < 4.78 is 25.2. The van der Waals surface area contributed by atoms with E-state index in [9.17, 15) is 10.0 Å². The van der Waals surface area contributed by atoms with Crippen LogP contribution >= 0.6 is 0 Å². The number of nitrogens with zero attached hydrogens (tertiary/aromatic N) is 4. The van der Waals surface area contributed by atoms with E-state index in [0.717, 1.165) is 161 Å². The lowest BCUT2D eigenvalue weighted by atomic mass is 9.79. The number of aryl methyl sites for hydroxylation is 1.